The van der Waals surface area contributed by atoms with Gasteiger partial charge in [-0.2, -0.15) is 0 Å². The second-order valence-electron chi connectivity index (χ2n) is 26.0. The van der Waals surface area contributed by atoms with Crippen molar-refractivity contribution in [2.75, 3.05) is 19.6 Å². The first-order chi connectivity index (χ1) is 25.5. The van der Waals surface area contributed by atoms with Gasteiger partial charge in [0.1, 0.15) is 0 Å². The Hall–Kier alpha value is -1.59. The first-order valence-electron chi connectivity index (χ1n) is 23.3. The van der Waals surface area contributed by atoms with E-state index in [-0.39, 0.29) is 58.1 Å². The van der Waals surface area contributed by atoms with Gasteiger partial charge in [-0.15, -0.1) is 0 Å². The highest BCUT2D eigenvalue weighted by molar-refractivity contribution is 5.90. The standard InChI is InChI=1S/C51H101N3O3/c1-36(28-40(49(13,14)15)22-25-46(4,5)6)33-52-43(55)31-39(45(57)54-35-38(3)30-42(51(19,20)21)24-27-48(10,11)12)32-44(56)53-34-37(2)29-41(50(16,17)18)23-26-47(7,8)9/h36-42H,22-35H2,1-21H3,(H,52,55)(H,53,56)(H,54,57). The molecule has 0 heterocycles. The van der Waals surface area contributed by atoms with Crippen molar-refractivity contribution in [3.63, 3.8) is 0 Å². The summed E-state index contributed by atoms with van der Waals surface area (Å²) in [5.41, 5.74) is 1.42. The molecule has 0 saturated carbocycles. The van der Waals surface area contributed by atoms with Crippen LogP contribution in [0.15, 0.2) is 0 Å². The molecule has 0 radical (unpaired) electrons. The number of amides is 3. The fourth-order valence-electron chi connectivity index (χ4n) is 8.09. The van der Waals surface area contributed by atoms with Crippen LogP contribution in [0.1, 0.15) is 216 Å². The van der Waals surface area contributed by atoms with Gasteiger partial charge in [-0.1, -0.05) is 145 Å². The highest BCUT2D eigenvalue weighted by atomic mass is 16.2. The van der Waals surface area contributed by atoms with Crippen LogP contribution >= 0.6 is 0 Å². The zero-order valence-electron chi connectivity index (χ0n) is 42.2. The number of carbonyl (C=O) groups excluding carboxylic acids is 3. The van der Waals surface area contributed by atoms with Crippen LogP contribution in [0.4, 0.5) is 0 Å². The number of hydrogen-bond donors (Lipinski definition) is 3. The van der Waals surface area contributed by atoms with E-state index in [9.17, 15) is 14.4 Å². The van der Waals surface area contributed by atoms with Crippen LogP contribution in [0.2, 0.25) is 0 Å². The molecule has 0 aromatic rings. The summed E-state index contributed by atoms with van der Waals surface area (Å²) in [6.45, 7) is 50.0. The third-order valence-corrected chi connectivity index (χ3v) is 12.6. The first kappa shape index (κ1) is 55.4. The van der Waals surface area contributed by atoms with Crippen molar-refractivity contribution in [3.05, 3.63) is 0 Å². The van der Waals surface area contributed by atoms with Crippen LogP contribution in [0.3, 0.4) is 0 Å². The predicted molar refractivity (Wildman–Crippen MR) is 248 cm³/mol. The summed E-state index contributed by atoms with van der Waals surface area (Å²) in [6, 6.07) is 0. The SMILES string of the molecule is CC(CNC(=O)CC(CC(=O)NCC(C)CC(CCC(C)(C)C)C(C)(C)C)C(=O)NCC(C)CC(CCC(C)(C)C)C(C)(C)C)CC(CCC(C)(C)C)C(C)(C)C. The monoisotopic (exact) mass is 804 g/mol. The van der Waals surface area contributed by atoms with Gasteiger partial charge in [0.15, 0.2) is 0 Å². The Labute approximate surface area is 356 Å². The van der Waals surface area contributed by atoms with E-state index in [1.807, 2.05) is 0 Å². The maximum Gasteiger partial charge on any atom is 0.224 e. The first-order valence-corrected chi connectivity index (χ1v) is 23.3. The van der Waals surface area contributed by atoms with Gasteiger partial charge < -0.3 is 16.0 Å². The van der Waals surface area contributed by atoms with Gasteiger partial charge in [-0.25, -0.2) is 0 Å². The van der Waals surface area contributed by atoms with E-state index in [4.69, 9.17) is 0 Å². The molecule has 0 aliphatic rings. The summed E-state index contributed by atoms with van der Waals surface area (Å²) >= 11 is 0. The lowest BCUT2D eigenvalue weighted by atomic mass is 9.71. The van der Waals surface area contributed by atoms with Gasteiger partial charge in [0, 0.05) is 32.5 Å². The van der Waals surface area contributed by atoms with Crippen LogP contribution in [0, 0.1) is 73.9 Å². The fraction of sp³-hybridized carbons (Fsp3) is 0.941. The average Bonchev–Trinajstić information content (AvgIpc) is 3.00. The molecule has 6 heteroatoms. The molecule has 0 saturated heterocycles. The highest BCUT2D eigenvalue weighted by Gasteiger charge is 2.32. The lowest BCUT2D eigenvalue weighted by Crippen LogP contribution is -2.41. The van der Waals surface area contributed by atoms with Crippen molar-refractivity contribution in [1.82, 2.24) is 16.0 Å². The molecule has 0 aliphatic carbocycles. The lowest BCUT2D eigenvalue weighted by Gasteiger charge is -2.35. The number of nitrogens with one attached hydrogen (secondary N) is 3. The minimum atomic E-state index is -0.717. The van der Waals surface area contributed by atoms with Crippen molar-refractivity contribution < 1.29 is 14.4 Å². The van der Waals surface area contributed by atoms with E-state index < -0.39 is 5.92 Å². The second kappa shape index (κ2) is 23.4. The molecule has 0 aliphatic heterocycles. The molecule has 0 bridgehead atoms. The third kappa shape index (κ3) is 27.7. The van der Waals surface area contributed by atoms with Crippen LogP contribution in [-0.4, -0.2) is 37.4 Å². The average molecular weight is 804 g/mol. The van der Waals surface area contributed by atoms with Gasteiger partial charge in [0.2, 0.25) is 17.7 Å². The van der Waals surface area contributed by atoms with Gasteiger partial charge >= 0.3 is 0 Å². The van der Waals surface area contributed by atoms with E-state index >= 15 is 0 Å². The molecule has 0 fully saturated rings. The Balaban J connectivity index is 5.79. The zero-order chi connectivity index (χ0) is 44.8. The number of hydrogen-bond acceptors (Lipinski definition) is 3. The summed E-state index contributed by atoms with van der Waals surface area (Å²) in [5, 5.41) is 9.51. The smallest absolute Gasteiger partial charge is 0.224 e. The van der Waals surface area contributed by atoms with Crippen molar-refractivity contribution in [1.29, 1.82) is 0 Å². The molecule has 6 unspecified atom stereocenters. The molecule has 0 aromatic carbocycles. The molecule has 3 N–H and O–H groups in total. The van der Waals surface area contributed by atoms with E-state index in [0.29, 0.717) is 60.1 Å². The molecule has 3 amide bonds. The Bertz CT molecular complexity index is 1100. The summed E-state index contributed by atoms with van der Waals surface area (Å²) in [4.78, 5) is 40.9. The molecule has 57 heavy (non-hydrogen) atoms. The van der Waals surface area contributed by atoms with Crippen LogP contribution in [-0.2, 0) is 14.4 Å². The van der Waals surface area contributed by atoms with E-state index in [1.54, 1.807) is 0 Å². The molecule has 6 nitrogen and oxygen atoms in total. The normalized spacial score (nSPS) is 17.2. The van der Waals surface area contributed by atoms with Crippen LogP contribution < -0.4 is 16.0 Å². The third-order valence-electron chi connectivity index (χ3n) is 12.6. The quantitative estimate of drug-likeness (QED) is 0.0961. The summed E-state index contributed by atoms with van der Waals surface area (Å²) < 4.78 is 0. The lowest BCUT2D eigenvalue weighted by molar-refractivity contribution is -0.133. The minimum Gasteiger partial charge on any atom is -0.356 e. The number of carbonyl (C=O) groups is 3. The van der Waals surface area contributed by atoms with Crippen molar-refractivity contribution in [3.8, 4) is 0 Å². The van der Waals surface area contributed by atoms with Gasteiger partial charge in [0.25, 0.3) is 0 Å². The van der Waals surface area contributed by atoms with Crippen molar-refractivity contribution in [2.45, 2.75) is 216 Å². The topological polar surface area (TPSA) is 87.3 Å². The van der Waals surface area contributed by atoms with E-state index in [1.165, 1.54) is 32.1 Å². The summed E-state index contributed by atoms with van der Waals surface area (Å²) in [7, 11) is 0. The molecular formula is C51H101N3O3. The minimum absolute atomic E-state index is 0.0116. The molecule has 0 rings (SSSR count). The fourth-order valence-corrected chi connectivity index (χ4v) is 8.09. The Morgan fingerprint density at radius 3 is 0.877 bits per heavy atom. The van der Waals surface area contributed by atoms with Gasteiger partial charge in [0.05, 0.1) is 5.92 Å². The Kier molecular flexibility index (Phi) is 22.8. The Morgan fingerprint density at radius 2 is 0.649 bits per heavy atom. The van der Waals surface area contributed by atoms with Crippen LogP contribution in [0.25, 0.3) is 0 Å². The van der Waals surface area contributed by atoms with Crippen molar-refractivity contribution >= 4 is 17.7 Å². The predicted octanol–water partition coefficient (Wildman–Crippen LogP) is 13.3. The van der Waals surface area contributed by atoms with Gasteiger partial charge in [-0.3, -0.25) is 14.4 Å². The Morgan fingerprint density at radius 1 is 0.404 bits per heavy atom. The van der Waals surface area contributed by atoms with Crippen LogP contribution in [0.5, 0.6) is 0 Å². The number of rotatable bonds is 23. The second-order valence-corrected chi connectivity index (χ2v) is 26.0. The molecule has 0 spiro atoms. The van der Waals surface area contributed by atoms with E-state index in [2.05, 4.69) is 161 Å². The van der Waals surface area contributed by atoms with Gasteiger partial charge in [-0.05, 0) is 126 Å². The maximum atomic E-state index is 13.9. The maximum absolute atomic E-state index is 13.9. The summed E-state index contributed by atoms with van der Waals surface area (Å²) in [6.07, 6.45) is 10.1. The molecule has 0 aromatic heterocycles. The largest absolute Gasteiger partial charge is 0.356 e. The molecule has 6 atom stereocenters. The summed E-state index contributed by atoms with van der Waals surface area (Å²) in [5.74, 6) is 1.34. The highest BCUT2D eigenvalue weighted by Crippen LogP contribution is 2.40. The van der Waals surface area contributed by atoms with Crippen molar-refractivity contribution in [2.24, 2.45) is 73.9 Å². The zero-order valence-corrected chi connectivity index (χ0v) is 42.2. The van der Waals surface area contributed by atoms with E-state index in [0.717, 1.165) is 25.7 Å². The molecular weight excluding hydrogens is 703 g/mol. The molecule has 338 valence electrons.